The highest BCUT2D eigenvalue weighted by molar-refractivity contribution is 9.10. The molecule has 5 heteroatoms. The Bertz CT molecular complexity index is 717. The van der Waals surface area contributed by atoms with Gasteiger partial charge in [-0.1, -0.05) is 12.1 Å². The SMILES string of the molecule is COc1ccc2c(c1)CCCN2C(=O)COc1ccccc1Br. The number of rotatable bonds is 4. The number of nitrogens with zero attached hydrogens (tertiary/aromatic N) is 1. The molecule has 0 bridgehead atoms. The number of benzene rings is 2. The van der Waals surface area contributed by atoms with Crippen molar-refractivity contribution in [1.82, 2.24) is 0 Å². The van der Waals surface area contributed by atoms with Gasteiger partial charge in [-0.2, -0.15) is 0 Å². The number of ether oxygens (including phenoxy) is 2. The van der Waals surface area contributed by atoms with Crippen LogP contribution >= 0.6 is 15.9 Å². The maximum Gasteiger partial charge on any atom is 0.264 e. The lowest BCUT2D eigenvalue weighted by atomic mass is 10.0. The van der Waals surface area contributed by atoms with Gasteiger partial charge in [-0.05, 0) is 64.7 Å². The third kappa shape index (κ3) is 3.50. The molecule has 1 amide bonds. The number of methoxy groups -OCH3 is 1. The monoisotopic (exact) mass is 375 g/mol. The van der Waals surface area contributed by atoms with Crippen molar-refractivity contribution in [1.29, 1.82) is 0 Å². The van der Waals surface area contributed by atoms with Crippen molar-refractivity contribution in [3.05, 3.63) is 52.5 Å². The van der Waals surface area contributed by atoms with Crippen LogP contribution in [0.5, 0.6) is 11.5 Å². The van der Waals surface area contributed by atoms with Gasteiger partial charge in [-0.15, -0.1) is 0 Å². The maximum absolute atomic E-state index is 12.6. The summed E-state index contributed by atoms with van der Waals surface area (Å²) in [5, 5.41) is 0. The summed E-state index contributed by atoms with van der Waals surface area (Å²) in [6.07, 6.45) is 1.91. The smallest absolute Gasteiger partial charge is 0.264 e. The normalized spacial score (nSPS) is 13.4. The van der Waals surface area contributed by atoms with Crippen LogP contribution in [0, 0.1) is 0 Å². The van der Waals surface area contributed by atoms with Crippen molar-refractivity contribution >= 4 is 27.5 Å². The van der Waals surface area contributed by atoms with Crippen molar-refractivity contribution in [2.24, 2.45) is 0 Å². The fourth-order valence-corrected chi connectivity index (χ4v) is 3.14. The predicted octanol–water partition coefficient (Wildman–Crippen LogP) is 3.82. The molecular weight excluding hydrogens is 358 g/mol. The van der Waals surface area contributed by atoms with Gasteiger partial charge >= 0.3 is 0 Å². The molecule has 3 rings (SSSR count). The average Bonchev–Trinajstić information content (AvgIpc) is 2.59. The third-order valence-corrected chi connectivity index (χ3v) is 4.55. The summed E-state index contributed by atoms with van der Waals surface area (Å²) in [5.41, 5.74) is 2.10. The molecule has 0 spiro atoms. The van der Waals surface area contributed by atoms with Crippen LogP contribution < -0.4 is 14.4 Å². The van der Waals surface area contributed by atoms with Crippen LogP contribution in [0.1, 0.15) is 12.0 Å². The summed E-state index contributed by atoms with van der Waals surface area (Å²) in [4.78, 5) is 14.4. The molecule has 2 aromatic carbocycles. The molecule has 0 unspecified atom stereocenters. The van der Waals surface area contributed by atoms with Crippen LogP contribution in [-0.2, 0) is 11.2 Å². The zero-order valence-corrected chi connectivity index (χ0v) is 14.5. The van der Waals surface area contributed by atoms with E-state index in [0.29, 0.717) is 5.75 Å². The standard InChI is InChI=1S/C18H18BrNO3/c1-22-14-8-9-16-13(11-14)5-4-10-20(16)18(21)12-23-17-7-3-2-6-15(17)19/h2-3,6-9,11H,4-5,10,12H2,1H3. The van der Waals surface area contributed by atoms with Gasteiger partial charge in [0, 0.05) is 12.2 Å². The second-order valence-electron chi connectivity index (χ2n) is 5.36. The zero-order chi connectivity index (χ0) is 16.2. The van der Waals surface area contributed by atoms with Crippen molar-refractivity contribution < 1.29 is 14.3 Å². The van der Waals surface area contributed by atoms with E-state index < -0.39 is 0 Å². The van der Waals surface area contributed by atoms with Crippen molar-refractivity contribution in [3.8, 4) is 11.5 Å². The summed E-state index contributed by atoms with van der Waals surface area (Å²) in [6, 6.07) is 13.4. The Morgan fingerprint density at radius 3 is 2.87 bits per heavy atom. The lowest BCUT2D eigenvalue weighted by molar-refractivity contribution is -0.120. The third-order valence-electron chi connectivity index (χ3n) is 3.89. The van der Waals surface area contributed by atoms with E-state index in [9.17, 15) is 4.79 Å². The van der Waals surface area contributed by atoms with E-state index in [-0.39, 0.29) is 12.5 Å². The molecule has 0 atom stereocenters. The summed E-state index contributed by atoms with van der Waals surface area (Å²) >= 11 is 3.42. The van der Waals surface area contributed by atoms with Crippen molar-refractivity contribution in [2.45, 2.75) is 12.8 Å². The highest BCUT2D eigenvalue weighted by Crippen LogP contribution is 2.31. The summed E-state index contributed by atoms with van der Waals surface area (Å²) < 4.78 is 11.8. The van der Waals surface area contributed by atoms with Gasteiger partial charge in [-0.3, -0.25) is 4.79 Å². The Kier molecular flexibility index (Phi) is 4.86. The molecule has 23 heavy (non-hydrogen) atoms. The molecule has 0 saturated carbocycles. The highest BCUT2D eigenvalue weighted by atomic mass is 79.9. The minimum Gasteiger partial charge on any atom is -0.497 e. The van der Waals surface area contributed by atoms with Crippen LogP contribution in [0.3, 0.4) is 0 Å². The van der Waals surface area contributed by atoms with Gasteiger partial charge in [0.05, 0.1) is 11.6 Å². The highest BCUT2D eigenvalue weighted by Gasteiger charge is 2.23. The number of amides is 1. The number of carbonyl (C=O) groups is 1. The van der Waals surface area contributed by atoms with Gasteiger partial charge in [-0.25, -0.2) is 0 Å². The number of hydrogen-bond acceptors (Lipinski definition) is 3. The lowest BCUT2D eigenvalue weighted by Gasteiger charge is -2.29. The maximum atomic E-state index is 12.6. The fourth-order valence-electron chi connectivity index (χ4n) is 2.74. The van der Waals surface area contributed by atoms with Crippen LogP contribution in [0.2, 0.25) is 0 Å². The Balaban J connectivity index is 1.73. The second-order valence-corrected chi connectivity index (χ2v) is 6.22. The van der Waals surface area contributed by atoms with Crippen LogP contribution in [-0.4, -0.2) is 26.2 Å². The van der Waals surface area contributed by atoms with Crippen LogP contribution in [0.15, 0.2) is 46.9 Å². The van der Waals surface area contributed by atoms with Gasteiger partial charge < -0.3 is 14.4 Å². The van der Waals surface area contributed by atoms with E-state index in [1.807, 2.05) is 42.5 Å². The van der Waals surface area contributed by atoms with Crippen LogP contribution in [0.4, 0.5) is 5.69 Å². The number of halogens is 1. The van der Waals surface area contributed by atoms with E-state index >= 15 is 0 Å². The Labute approximate surface area is 144 Å². The quantitative estimate of drug-likeness (QED) is 0.815. The van der Waals surface area contributed by atoms with E-state index in [0.717, 1.165) is 40.9 Å². The van der Waals surface area contributed by atoms with E-state index in [1.165, 1.54) is 0 Å². The summed E-state index contributed by atoms with van der Waals surface area (Å²) in [7, 11) is 1.65. The number of hydrogen-bond donors (Lipinski definition) is 0. The van der Waals surface area contributed by atoms with E-state index in [1.54, 1.807) is 12.0 Å². The molecule has 2 aromatic rings. The Morgan fingerprint density at radius 1 is 1.26 bits per heavy atom. The molecule has 1 aliphatic rings. The molecule has 1 heterocycles. The molecule has 1 aliphatic heterocycles. The van der Waals surface area contributed by atoms with E-state index in [4.69, 9.17) is 9.47 Å². The van der Waals surface area contributed by atoms with E-state index in [2.05, 4.69) is 15.9 Å². The average molecular weight is 376 g/mol. The molecule has 0 aromatic heterocycles. The first kappa shape index (κ1) is 15.9. The Morgan fingerprint density at radius 2 is 2.09 bits per heavy atom. The number of para-hydroxylation sites is 1. The van der Waals surface area contributed by atoms with Crippen molar-refractivity contribution in [3.63, 3.8) is 0 Å². The van der Waals surface area contributed by atoms with Crippen molar-refractivity contribution in [2.75, 3.05) is 25.2 Å². The first-order valence-corrected chi connectivity index (χ1v) is 8.33. The fraction of sp³-hybridized carbons (Fsp3) is 0.278. The molecule has 120 valence electrons. The number of anilines is 1. The first-order valence-electron chi connectivity index (χ1n) is 7.53. The molecule has 0 fully saturated rings. The minimum absolute atomic E-state index is 0.0219. The first-order chi connectivity index (χ1) is 11.2. The topological polar surface area (TPSA) is 38.8 Å². The van der Waals surface area contributed by atoms with Gasteiger partial charge in [0.1, 0.15) is 11.5 Å². The summed E-state index contributed by atoms with van der Waals surface area (Å²) in [5.74, 6) is 1.46. The second kappa shape index (κ2) is 7.04. The molecule has 4 nitrogen and oxygen atoms in total. The molecular formula is C18H18BrNO3. The largest absolute Gasteiger partial charge is 0.497 e. The number of carbonyl (C=O) groups excluding carboxylic acids is 1. The van der Waals surface area contributed by atoms with Gasteiger partial charge in [0.15, 0.2) is 6.61 Å². The van der Waals surface area contributed by atoms with Crippen LogP contribution in [0.25, 0.3) is 0 Å². The summed E-state index contributed by atoms with van der Waals surface area (Å²) in [6.45, 7) is 0.742. The molecule has 0 N–H and O–H groups in total. The molecule has 0 aliphatic carbocycles. The minimum atomic E-state index is -0.0353. The van der Waals surface area contributed by atoms with Gasteiger partial charge in [0.25, 0.3) is 5.91 Å². The Hall–Kier alpha value is -2.01. The molecule has 0 radical (unpaired) electrons. The number of fused-ring (bicyclic) bond motifs is 1. The predicted molar refractivity (Wildman–Crippen MR) is 93.3 cm³/mol. The van der Waals surface area contributed by atoms with Gasteiger partial charge in [0.2, 0.25) is 0 Å². The number of aryl methyl sites for hydroxylation is 1. The zero-order valence-electron chi connectivity index (χ0n) is 12.9. The lowest BCUT2D eigenvalue weighted by Crippen LogP contribution is -2.38. The molecule has 0 saturated heterocycles.